The number of halogens is 1. The number of hydrogen-bond acceptors (Lipinski definition) is 7. The van der Waals surface area contributed by atoms with Crippen LogP contribution in [0.15, 0.2) is 24.5 Å². The number of carbonyl (C=O) groups excluding carboxylic acids is 1. The molecule has 0 atom stereocenters. The molecule has 28 heavy (non-hydrogen) atoms. The molecule has 1 aliphatic heterocycles. The van der Waals surface area contributed by atoms with Crippen LogP contribution in [0.1, 0.15) is 28.8 Å². The summed E-state index contributed by atoms with van der Waals surface area (Å²) in [5, 5.41) is 4.18. The number of hydrogen-bond donors (Lipinski definition) is 2. The first-order valence-electron chi connectivity index (χ1n) is 8.88. The van der Waals surface area contributed by atoms with Crippen molar-refractivity contribution in [3.63, 3.8) is 0 Å². The Hall–Kier alpha value is -2.42. The summed E-state index contributed by atoms with van der Waals surface area (Å²) < 4.78 is 12.3. The maximum Gasteiger partial charge on any atom is 0.248 e. The molecule has 1 aliphatic rings. The van der Waals surface area contributed by atoms with Gasteiger partial charge in [0.2, 0.25) is 5.91 Å². The second-order valence-corrected chi connectivity index (χ2v) is 8.13. The van der Waals surface area contributed by atoms with Crippen molar-refractivity contribution in [2.75, 3.05) is 18.5 Å². The molecular formula is C19H19ClN4O3S. The van der Waals surface area contributed by atoms with Crippen molar-refractivity contribution in [2.24, 2.45) is 5.73 Å². The summed E-state index contributed by atoms with van der Waals surface area (Å²) in [4.78, 5) is 21.1. The molecule has 0 bridgehead atoms. The van der Waals surface area contributed by atoms with Gasteiger partial charge in [0.05, 0.1) is 28.6 Å². The molecule has 0 aliphatic carbocycles. The SMILES string of the molecule is Cc1c(Cl)sc2ncnc(Nc3ccc(C(N)=O)cc3OC3CCOCC3)c12. The summed E-state index contributed by atoms with van der Waals surface area (Å²) in [5.74, 6) is 0.677. The van der Waals surface area contributed by atoms with Crippen LogP contribution in [0.2, 0.25) is 4.34 Å². The van der Waals surface area contributed by atoms with Crippen LogP contribution in [0.3, 0.4) is 0 Å². The second-order valence-electron chi connectivity index (χ2n) is 6.53. The van der Waals surface area contributed by atoms with Crippen LogP contribution in [0.4, 0.5) is 11.5 Å². The van der Waals surface area contributed by atoms with Gasteiger partial charge in [-0.3, -0.25) is 4.79 Å². The molecule has 0 radical (unpaired) electrons. The molecule has 1 aromatic carbocycles. The van der Waals surface area contributed by atoms with E-state index >= 15 is 0 Å². The Morgan fingerprint density at radius 2 is 2.14 bits per heavy atom. The molecular weight excluding hydrogens is 400 g/mol. The Balaban J connectivity index is 1.71. The van der Waals surface area contributed by atoms with E-state index in [1.807, 2.05) is 6.92 Å². The number of primary amides is 1. The first kappa shape index (κ1) is 18.9. The fourth-order valence-electron chi connectivity index (χ4n) is 3.12. The third kappa shape index (κ3) is 3.76. The van der Waals surface area contributed by atoms with E-state index < -0.39 is 5.91 Å². The monoisotopic (exact) mass is 418 g/mol. The molecule has 7 nitrogen and oxygen atoms in total. The van der Waals surface area contributed by atoms with Gasteiger partial charge in [-0.15, -0.1) is 11.3 Å². The van der Waals surface area contributed by atoms with Gasteiger partial charge in [-0.25, -0.2) is 9.97 Å². The van der Waals surface area contributed by atoms with Crippen molar-refractivity contribution in [3.05, 3.63) is 40.0 Å². The highest BCUT2D eigenvalue weighted by atomic mass is 35.5. The van der Waals surface area contributed by atoms with Gasteiger partial charge in [-0.1, -0.05) is 11.6 Å². The predicted molar refractivity (Wildman–Crippen MR) is 110 cm³/mol. The number of aromatic nitrogens is 2. The number of nitrogens with one attached hydrogen (secondary N) is 1. The third-order valence-corrected chi connectivity index (χ3v) is 6.15. The van der Waals surface area contributed by atoms with E-state index in [0.29, 0.717) is 40.4 Å². The summed E-state index contributed by atoms with van der Waals surface area (Å²) in [7, 11) is 0. The van der Waals surface area contributed by atoms with Crippen LogP contribution in [-0.2, 0) is 4.74 Å². The predicted octanol–water partition coefficient (Wildman–Crippen LogP) is 4.05. The van der Waals surface area contributed by atoms with E-state index in [-0.39, 0.29) is 6.10 Å². The Kier molecular flexibility index (Phi) is 5.34. The van der Waals surface area contributed by atoms with Crippen molar-refractivity contribution in [1.82, 2.24) is 9.97 Å². The summed E-state index contributed by atoms with van der Waals surface area (Å²) in [6.45, 7) is 3.25. The van der Waals surface area contributed by atoms with Crippen LogP contribution in [0, 0.1) is 6.92 Å². The molecule has 9 heteroatoms. The number of rotatable bonds is 5. The Morgan fingerprint density at radius 1 is 1.36 bits per heavy atom. The highest BCUT2D eigenvalue weighted by molar-refractivity contribution is 7.22. The number of amides is 1. The van der Waals surface area contributed by atoms with E-state index in [2.05, 4.69) is 15.3 Å². The summed E-state index contributed by atoms with van der Waals surface area (Å²) in [6.07, 6.45) is 3.09. The minimum Gasteiger partial charge on any atom is -0.488 e. The molecule has 3 heterocycles. The highest BCUT2D eigenvalue weighted by Gasteiger charge is 2.20. The van der Waals surface area contributed by atoms with Gasteiger partial charge < -0.3 is 20.5 Å². The average molecular weight is 419 g/mol. The van der Waals surface area contributed by atoms with Crippen molar-refractivity contribution in [1.29, 1.82) is 0 Å². The van der Waals surface area contributed by atoms with E-state index in [9.17, 15) is 4.79 Å². The van der Waals surface area contributed by atoms with E-state index in [1.54, 1.807) is 18.2 Å². The largest absolute Gasteiger partial charge is 0.488 e. The van der Waals surface area contributed by atoms with Crippen LogP contribution in [-0.4, -0.2) is 35.2 Å². The van der Waals surface area contributed by atoms with Crippen molar-refractivity contribution < 1.29 is 14.3 Å². The van der Waals surface area contributed by atoms with Crippen molar-refractivity contribution >= 4 is 50.6 Å². The lowest BCUT2D eigenvalue weighted by atomic mass is 10.1. The summed E-state index contributed by atoms with van der Waals surface area (Å²) >= 11 is 7.69. The molecule has 1 fully saturated rings. The Morgan fingerprint density at radius 3 is 2.89 bits per heavy atom. The van der Waals surface area contributed by atoms with Gasteiger partial charge in [0.25, 0.3) is 0 Å². The minimum atomic E-state index is -0.506. The number of anilines is 2. The number of benzene rings is 1. The first-order valence-corrected chi connectivity index (χ1v) is 10.1. The zero-order chi connectivity index (χ0) is 19.7. The fourth-order valence-corrected chi connectivity index (χ4v) is 4.31. The Labute approximate surface area is 170 Å². The zero-order valence-electron chi connectivity index (χ0n) is 15.2. The zero-order valence-corrected chi connectivity index (χ0v) is 16.8. The number of ether oxygens (including phenoxy) is 2. The van der Waals surface area contributed by atoms with Gasteiger partial charge in [0, 0.05) is 18.4 Å². The normalized spacial score (nSPS) is 14.9. The standard InChI is InChI=1S/C19H19ClN4O3S/c1-10-15-18(22-9-23-19(15)28-16(10)20)24-13-3-2-11(17(21)25)8-14(13)27-12-4-6-26-7-5-12/h2-3,8-9,12H,4-7H2,1H3,(H2,21,25)(H,22,23,24). The maximum atomic E-state index is 11.6. The average Bonchev–Trinajstić information content (AvgIpc) is 2.98. The van der Waals surface area contributed by atoms with Crippen LogP contribution >= 0.6 is 22.9 Å². The molecule has 0 unspecified atom stereocenters. The molecule has 146 valence electrons. The minimum absolute atomic E-state index is 0.0140. The molecule has 3 aromatic rings. The number of carbonyl (C=O) groups is 1. The fraction of sp³-hybridized carbons (Fsp3) is 0.316. The van der Waals surface area contributed by atoms with Gasteiger partial charge in [0.1, 0.15) is 28.8 Å². The smallest absolute Gasteiger partial charge is 0.248 e. The molecule has 1 amide bonds. The molecule has 4 rings (SSSR count). The van der Waals surface area contributed by atoms with Gasteiger partial charge in [0.15, 0.2) is 0 Å². The van der Waals surface area contributed by atoms with Gasteiger partial charge in [-0.05, 0) is 30.7 Å². The molecule has 0 spiro atoms. The van der Waals surface area contributed by atoms with Crippen molar-refractivity contribution in [3.8, 4) is 5.75 Å². The van der Waals surface area contributed by atoms with Gasteiger partial charge in [-0.2, -0.15) is 0 Å². The molecule has 3 N–H and O–H groups in total. The molecule has 1 saturated heterocycles. The first-order chi connectivity index (χ1) is 13.5. The summed E-state index contributed by atoms with van der Waals surface area (Å²) in [5.41, 5.74) is 7.45. The van der Waals surface area contributed by atoms with Gasteiger partial charge >= 0.3 is 0 Å². The second kappa shape index (κ2) is 7.90. The molecule has 2 aromatic heterocycles. The van der Waals surface area contributed by atoms with E-state index in [4.69, 9.17) is 26.8 Å². The number of aryl methyl sites for hydroxylation is 1. The van der Waals surface area contributed by atoms with E-state index in [1.165, 1.54) is 17.7 Å². The molecule has 0 saturated carbocycles. The van der Waals surface area contributed by atoms with Crippen molar-refractivity contribution in [2.45, 2.75) is 25.9 Å². The number of nitrogens with zero attached hydrogens (tertiary/aromatic N) is 2. The van der Waals surface area contributed by atoms with E-state index in [0.717, 1.165) is 28.6 Å². The summed E-state index contributed by atoms with van der Waals surface area (Å²) in [6, 6.07) is 5.09. The number of nitrogens with two attached hydrogens (primary N) is 1. The van der Waals surface area contributed by atoms with Crippen LogP contribution in [0.5, 0.6) is 5.75 Å². The lowest BCUT2D eigenvalue weighted by molar-refractivity contribution is 0.0258. The topological polar surface area (TPSA) is 99.4 Å². The Bertz CT molecular complexity index is 1030. The van der Waals surface area contributed by atoms with Crippen LogP contribution < -0.4 is 15.8 Å². The number of thiophene rings is 1. The van der Waals surface area contributed by atoms with Crippen LogP contribution in [0.25, 0.3) is 10.2 Å². The third-order valence-electron chi connectivity index (χ3n) is 4.65. The lowest BCUT2D eigenvalue weighted by Crippen LogP contribution is -2.26. The quantitative estimate of drug-likeness (QED) is 0.648. The highest BCUT2D eigenvalue weighted by Crippen LogP contribution is 2.39. The number of fused-ring (bicyclic) bond motifs is 1. The maximum absolute atomic E-state index is 11.6. The lowest BCUT2D eigenvalue weighted by Gasteiger charge is -2.25.